The van der Waals surface area contributed by atoms with E-state index in [1.165, 1.54) is 0 Å². The third-order valence-electron chi connectivity index (χ3n) is 4.46. The van der Waals surface area contributed by atoms with Crippen molar-refractivity contribution in [2.75, 3.05) is 5.32 Å². The maximum absolute atomic E-state index is 13.5. The van der Waals surface area contributed by atoms with E-state index < -0.39 is 57.0 Å². The van der Waals surface area contributed by atoms with Gasteiger partial charge in [-0.15, -0.1) is 23.2 Å². The number of carboxylic acids is 1. The van der Waals surface area contributed by atoms with E-state index in [2.05, 4.69) is 5.32 Å². The molecule has 2 aromatic rings. The van der Waals surface area contributed by atoms with Crippen molar-refractivity contribution >= 4 is 40.8 Å². The third-order valence-corrected chi connectivity index (χ3v) is 5.40. The molecule has 3 rings (SSSR count). The van der Waals surface area contributed by atoms with Gasteiger partial charge in [0.15, 0.2) is 0 Å². The number of nitrogens with one attached hydrogen (secondary N) is 1. The Morgan fingerprint density at radius 1 is 1.03 bits per heavy atom. The minimum absolute atomic E-state index is 0.0707. The first-order chi connectivity index (χ1) is 13.3. The van der Waals surface area contributed by atoms with Crippen molar-refractivity contribution in [2.24, 2.45) is 5.92 Å². The van der Waals surface area contributed by atoms with Crippen LogP contribution in [0.2, 0.25) is 0 Å². The second-order valence-corrected chi connectivity index (χ2v) is 7.80. The highest BCUT2D eigenvalue weighted by Crippen LogP contribution is 2.65. The SMILES string of the molecule is O=C(O)c1cc(NC(=O)C2[C@H](c3ccc(F)c(C(F)(F)F)c3)C2(Cl)Cl)ccc1F. The van der Waals surface area contributed by atoms with Crippen LogP contribution >= 0.6 is 23.2 Å². The van der Waals surface area contributed by atoms with Gasteiger partial charge in [-0.2, -0.15) is 13.2 Å². The zero-order valence-corrected chi connectivity index (χ0v) is 15.5. The van der Waals surface area contributed by atoms with Gasteiger partial charge < -0.3 is 10.4 Å². The third kappa shape index (κ3) is 4.02. The van der Waals surface area contributed by atoms with Gasteiger partial charge in [0.2, 0.25) is 5.91 Å². The molecule has 1 amide bonds. The highest BCUT2D eigenvalue weighted by Gasteiger charge is 2.67. The molecule has 0 aliphatic heterocycles. The number of halogens is 7. The van der Waals surface area contributed by atoms with E-state index in [9.17, 15) is 31.5 Å². The molecule has 2 aromatic carbocycles. The van der Waals surface area contributed by atoms with Crippen molar-refractivity contribution in [3.63, 3.8) is 0 Å². The molecule has 0 spiro atoms. The average Bonchev–Trinajstić information content (AvgIpc) is 3.18. The Morgan fingerprint density at radius 3 is 2.24 bits per heavy atom. The number of anilines is 1. The number of aromatic carboxylic acids is 1. The van der Waals surface area contributed by atoms with Crippen molar-refractivity contribution in [3.05, 3.63) is 64.7 Å². The van der Waals surface area contributed by atoms with Crippen LogP contribution in [0.5, 0.6) is 0 Å². The highest BCUT2D eigenvalue weighted by molar-refractivity contribution is 6.53. The minimum Gasteiger partial charge on any atom is -0.478 e. The predicted octanol–water partition coefficient (Wildman–Crippen LogP) is 5.21. The van der Waals surface area contributed by atoms with E-state index in [1.807, 2.05) is 0 Å². The molecule has 0 aromatic heterocycles. The zero-order chi connectivity index (χ0) is 21.7. The van der Waals surface area contributed by atoms with Crippen LogP contribution in [0.25, 0.3) is 0 Å². The summed E-state index contributed by atoms with van der Waals surface area (Å²) in [4.78, 5) is 23.4. The number of hydrogen-bond donors (Lipinski definition) is 2. The summed E-state index contributed by atoms with van der Waals surface area (Å²) < 4.78 is 63.9. The number of rotatable bonds is 4. The molecule has 11 heteroatoms. The Kier molecular flexibility index (Phi) is 5.25. The molecule has 1 unspecified atom stereocenters. The van der Waals surface area contributed by atoms with E-state index in [0.29, 0.717) is 12.1 Å². The molecule has 0 bridgehead atoms. The number of amides is 1. The fourth-order valence-corrected chi connectivity index (χ4v) is 3.84. The minimum atomic E-state index is -4.95. The molecule has 0 radical (unpaired) electrons. The molecular weight excluding hydrogens is 444 g/mol. The van der Waals surface area contributed by atoms with E-state index in [1.54, 1.807) is 0 Å². The number of alkyl halides is 5. The maximum atomic E-state index is 13.5. The first kappa shape index (κ1) is 21.3. The topological polar surface area (TPSA) is 66.4 Å². The van der Waals surface area contributed by atoms with Gasteiger partial charge in [-0.25, -0.2) is 13.6 Å². The number of carboxylic acid groups (broad SMARTS) is 1. The van der Waals surface area contributed by atoms with Gasteiger partial charge in [-0.1, -0.05) is 6.07 Å². The molecule has 29 heavy (non-hydrogen) atoms. The molecule has 1 saturated carbocycles. The molecule has 0 saturated heterocycles. The van der Waals surface area contributed by atoms with Crippen molar-refractivity contribution in [1.29, 1.82) is 0 Å². The van der Waals surface area contributed by atoms with Crippen molar-refractivity contribution in [1.82, 2.24) is 0 Å². The molecule has 4 nitrogen and oxygen atoms in total. The number of carbonyl (C=O) groups excluding carboxylic acids is 1. The Labute approximate surface area is 170 Å². The Balaban J connectivity index is 1.85. The maximum Gasteiger partial charge on any atom is 0.419 e. The van der Waals surface area contributed by atoms with Gasteiger partial charge in [-0.05, 0) is 35.9 Å². The van der Waals surface area contributed by atoms with E-state index >= 15 is 0 Å². The summed E-state index contributed by atoms with van der Waals surface area (Å²) in [6, 6.07) is 4.98. The lowest BCUT2D eigenvalue weighted by molar-refractivity contribution is -0.140. The van der Waals surface area contributed by atoms with Crippen molar-refractivity contribution in [2.45, 2.75) is 16.4 Å². The second-order valence-electron chi connectivity index (χ2n) is 6.36. The molecule has 2 atom stereocenters. The van der Waals surface area contributed by atoms with Crippen LogP contribution < -0.4 is 5.32 Å². The van der Waals surface area contributed by atoms with Gasteiger partial charge in [0.25, 0.3) is 0 Å². The second kappa shape index (κ2) is 7.14. The first-order valence-electron chi connectivity index (χ1n) is 7.92. The summed E-state index contributed by atoms with van der Waals surface area (Å²) >= 11 is 12.1. The van der Waals surface area contributed by atoms with Crippen LogP contribution in [-0.2, 0) is 11.0 Å². The fourth-order valence-electron chi connectivity index (χ4n) is 3.01. The molecule has 1 aliphatic carbocycles. The highest BCUT2D eigenvalue weighted by atomic mass is 35.5. The van der Waals surface area contributed by atoms with E-state index in [0.717, 1.165) is 24.3 Å². The number of hydrogen-bond acceptors (Lipinski definition) is 2. The standard InChI is InChI=1S/C18H10Cl2F5NO3/c19-17(20)13(7-1-3-12(22)10(5-7)18(23,24)25)14(17)15(27)26-8-2-4-11(21)9(6-8)16(28)29/h1-6,13-14H,(H,26,27)(H,28,29)/t13-,14?/m0/s1. The first-order valence-corrected chi connectivity index (χ1v) is 8.67. The molecule has 1 fully saturated rings. The van der Waals surface area contributed by atoms with E-state index in [4.69, 9.17) is 28.3 Å². The molecule has 154 valence electrons. The van der Waals surface area contributed by atoms with Crippen LogP contribution in [0.1, 0.15) is 27.4 Å². The van der Waals surface area contributed by atoms with Crippen LogP contribution in [0, 0.1) is 17.6 Å². The van der Waals surface area contributed by atoms with Crippen LogP contribution in [0.3, 0.4) is 0 Å². The smallest absolute Gasteiger partial charge is 0.419 e. The summed E-state index contributed by atoms with van der Waals surface area (Å²) in [6.45, 7) is 0. The predicted molar refractivity (Wildman–Crippen MR) is 94.1 cm³/mol. The zero-order valence-electron chi connectivity index (χ0n) is 14.0. The normalized spacial score (nSPS) is 20.2. The summed E-state index contributed by atoms with van der Waals surface area (Å²) in [5.41, 5.74) is -2.37. The number of benzene rings is 2. The quantitative estimate of drug-likeness (QED) is 0.493. The lowest BCUT2D eigenvalue weighted by Crippen LogP contribution is -2.17. The fraction of sp³-hybridized carbons (Fsp3) is 0.222. The van der Waals surface area contributed by atoms with Gasteiger partial charge in [0, 0.05) is 11.6 Å². The largest absolute Gasteiger partial charge is 0.478 e. The van der Waals surface area contributed by atoms with Gasteiger partial charge >= 0.3 is 12.1 Å². The number of carbonyl (C=O) groups is 2. The average molecular weight is 454 g/mol. The summed E-state index contributed by atoms with van der Waals surface area (Å²) in [5.74, 6) is -7.14. The summed E-state index contributed by atoms with van der Waals surface area (Å²) in [7, 11) is 0. The van der Waals surface area contributed by atoms with Gasteiger partial charge in [0.05, 0.1) is 17.0 Å². The lowest BCUT2D eigenvalue weighted by atomic mass is 10.0. The lowest BCUT2D eigenvalue weighted by Gasteiger charge is -2.10. The van der Waals surface area contributed by atoms with Crippen LogP contribution in [0.4, 0.5) is 27.6 Å². The van der Waals surface area contributed by atoms with Crippen molar-refractivity contribution in [3.8, 4) is 0 Å². The van der Waals surface area contributed by atoms with Gasteiger partial charge in [0.1, 0.15) is 16.0 Å². The molecular formula is C18H10Cl2F5NO3. The molecule has 1 aliphatic rings. The van der Waals surface area contributed by atoms with E-state index in [-0.39, 0.29) is 11.3 Å². The van der Waals surface area contributed by atoms with Gasteiger partial charge in [-0.3, -0.25) is 4.79 Å². The molecule has 2 N–H and O–H groups in total. The molecule has 0 heterocycles. The Hall–Kier alpha value is -2.39. The van der Waals surface area contributed by atoms with Crippen molar-refractivity contribution < 1.29 is 36.6 Å². The summed E-state index contributed by atoms with van der Waals surface area (Å²) in [5, 5.41) is 11.2. The summed E-state index contributed by atoms with van der Waals surface area (Å²) in [6.07, 6.45) is -4.95. The Bertz CT molecular complexity index is 1010. The Morgan fingerprint density at radius 2 is 1.66 bits per heavy atom. The monoisotopic (exact) mass is 453 g/mol. The van der Waals surface area contributed by atoms with Crippen LogP contribution in [-0.4, -0.2) is 21.3 Å². The van der Waals surface area contributed by atoms with Crippen LogP contribution in [0.15, 0.2) is 36.4 Å².